The Balaban J connectivity index is 1.21. The second-order valence-corrected chi connectivity index (χ2v) is 8.70. The lowest BCUT2D eigenvalue weighted by Crippen LogP contribution is -2.30. The van der Waals surface area contributed by atoms with E-state index in [2.05, 4.69) is 22.2 Å². The molecule has 5 aromatic rings. The molecule has 0 aliphatic carbocycles. The van der Waals surface area contributed by atoms with Gasteiger partial charge >= 0.3 is 6.19 Å². The molecule has 5 nitrogen and oxygen atoms in total. The fourth-order valence-corrected chi connectivity index (χ4v) is 4.80. The third-order valence-electron chi connectivity index (χ3n) is 5.36. The molecule has 0 saturated heterocycles. The van der Waals surface area contributed by atoms with Gasteiger partial charge in [-0.15, -0.1) is 11.6 Å². The number of ether oxygens (including phenoxy) is 1. The van der Waals surface area contributed by atoms with Gasteiger partial charge in [-0.2, -0.15) is 5.10 Å². The zero-order valence-electron chi connectivity index (χ0n) is 17.5. The van der Waals surface area contributed by atoms with E-state index in [1.165, 1.54) is 0 Å². The van der Waals surface area contributed by atoms with E-state index in [1.807, 2.05) is 89.9 Å². The predicted octanol–water partition coefficient (Wildman–Crippen LogP) is 5.61. The van der Waals surface area contributed by atoms with Crippen LogP contribution in [0.4, 0.5) is 0 Å². The largest absolute Gasteiger partial charge is 0.546 e. The SMILES string of the molecule is c1cc(Oc2cccc(-n3cc(-c4ccncc4)cn3)c2)cc(B2Oc3ccccc3S2)c1. The van der Waals surface area contributed by atoms with Gasteiger partial charge in [0.15, 0.2) is 0 Å². The second kappa shape index (κ2) is 8.52. The highest BCUT2D eigenvalue weighted by molar-refractivity contribution is 8.26. The van der Waals surface area contributed by atoms with Crippen molar-refractivity contribution in [3.63, 3.8) is 0 Å². The van der Waals surface area contributed by atoms with Gasteiger partial charge in [0.1, 0.15) is 17.2 Å². The molecule has 0 atom stereocenters. The smallest absolute Gasteiger partial charge is 0.467 e. The van der Waals surface area contributed by atoms with E-state index in [9.17, 15) is 0 Å². The Labute approximate surface area is 196 Å². The van der Waals surface area contributed by atoms with Crippen molar-refractivity contribution in [3.05, 3.63) is 110 Å². The maximum atomic E-state index is 6.20. The molecule has 3 heterocycles. The Morgan fingerprint density at radius 1 is 0.818 bits per heavy atom. The molecule has 158 valence electrons. The molecular formula is C26H18BN3O2S. The first-order valence-electron chi connectivity index (χ1n) is 10.6. The molecule has 0 bridgehead atoms. The Kier molecular flexibility index (Phi) is 5.09. The third-order valence-corrected chi connectivity index (χ3v) is 6.54. The molecule has 1 aliphatic heterocycles. The van der Waals surface area contributed by atoms with E-state index < -0.39 is 0 Å². The number of rotatable bonds is 5. The maximum absolute atomic E-state index is 6.20. The van der Waals surface area contributed by atoms with Gasteiger partial charge in [-0.25, -0.2) is 4.68 Å². The number of benzene rings is 3. The average Bonchev–Trinajstić information content (AvgIpc) is 3.53. The molecule has 0 amide bonds. The van der Waals surface area contributed by atoms with E-state index in [-0.39, 0.29) is 6.19 Å². The molecule has 0 N–H and O–H groups in total. The molecule has 0 fully saturated rings. The quantitative estimate of drug-likeness (QED) is 0.328. The summed E-state index contributed by atoms with van der Waals surface area (Å²) in [5.74, 6) is 2.44. The molecule has 33 heavy (non-hydrogen) atoms. The standard InChI is InChI=1S/C26H18BN3O2S/c1-2-10-26-25(9-1)32-27(33-26)21-5-3-7-23(15-21)31-24-8-4-6-22(16-24)30-18-20(17-29-30)19-11-13-28-14-12-19/h1-18H. The molecule has 0 unspecified atom stereocenters. The number of pyridine rings is 1. The summed E-state index contributed by atoms with van der Waals surface area (Å²) in [5.41, 5.74) is 4.11. The summed E-state index contributed by atoms with van der Waals surface area (Å²) in [4.78, 5) is 5.24. The Morgan fingerprint density at radius 3 is 2.52 bits per heavy atom. The third kappa shape index (κ3) is 4.11. The zero-order valence-corrected chi connectivity index (χ0v) is 18.4. The Bertz CT molecular complexity index is 1400. The second-order valence-electron chi connectivity index (χ2n) is 7.60. The summed E-state index contributed by atoms with van der Waals surface area (Å²) < 4.78 is 14.1. The number of fused-ring (bicyclic) bond motifs is 1. The number of para-hydroxylation sites is 1. The minimum absolute atomic E-state index is 0.0760. The fourth-order valence-electron chi connectivity index (χ4n) is 3.74. The van der Waals surface area contributed by atoms with Gasteiger partial charge in [-0.3, -0.25) is 4.98 Å². The average molecular weight is 447 g/mol. The highest BCUT2D eigenvalue weighted by Gasteiger charge is 2.31. The first kappa shape index (κ1) is 19.7. The van der Waals surface area contributed by atoms with Crippen LogP contribution in [0, 0.1) is 0 Å². The summed E-state index contributed by atoms with van der Waals surface area (Å²) in [6, 6.07) is 28.0. The minimum atomic E-state index is -0.0760. The van der Waals surface area contributed by atoms with Gasteiger partial charge in [-0.1, -0.05) is 30.3 Å². The highest BCUT2D eigenvalue weighted by atomic mass is 32.2. The van der Waals surface area contributed by atoms with Crippen LogP contribution in [0.25, 0.3) is 16.8 Å². The van der Waals surface area contributed by atoms with Crippen molar-refractivity contribution < 1.29 is 9.39 Å². The molecule has 6 rings (SSSR count). The highest BCUT2D eigenvalue weighted by Crippen LogP contribution is 2.38. The minimum Gasteiger partial charge on any atom is -0.546 e. The van der Waals surface area contributed by atoms with Crippen molar-refractivity contribution in [1.82, 2.24) is 14.8 Å². The predicted molar refractivity (Wildman–Crippen MR) is 132 cm³/mol. The molecule has 2 aromatic heterocycles. The van der Waals surface area contributed by atoms with Crippen LogP contribution in [-0.4, -0.2) is 21.0 Å². The van der Waals surface area contributed by atoms with Crippen LogP contribution in [0.5, 0.6) is 17.2 Å². The van der Waals surface area contributed by atoms with E-state index in [1.54, 1.807) is 24.0 Å². The van der Waals surface area contributed by atoms with E-state index >= 15 is 0 Å². The van der Waals surface area contributed by atoms with Crippen LogP contribution in [0.15, 0.2) is 115 Å². The zero-order chi connectivity index (χ0) is 22.0. The molecule has 7 heteroatoms. The van der Waals surface area contributed by atoms with Crippen LogP contribution in [0.2, 0.25) is 0 Å². The van der Waals surface area contributed by atoms with Crippen LogP contribution >= 0.6 is 11.6 Å². The summed E-state index contributed by atoms with van der Waals surface area (Å²) >= 11 is 1.71. The monoisotopic (exact) mass is 447 g/mol. The Morgan fingerprint density at radius 2 is 1.64 bits per heavy atom. The van der Waals surface area contributed by atoms with Gasteiger partial charge in [-0.05, 0) is 59.6 Å². The lowest BCUT2D eigenvalue weighted by Gasteiger charge is -2.11. The van der Waals surface area contributed by atoms with Crippen molar-refractivity contribution >= 4 is 23.3 Å². The maximum Gasteiger partial charge on any atom is 0.467 e. The van der Waals surface area contributed by atoms with Gasteiger partial charge in [0, 0.05) is 35.1 Å². The summed E-state index contributed by atoms with van der Waals surface area (Å²) in [7, 11) is 0. The van der Waals surface area contributed by atoms with Crippen molar-refractivity contribution in [2.75, 3.05) is 0 Å². The fraction of sp³-hybridized carbons (Fsp3) is 0. The molecule has 0 radical (unpaired) electrons. The van der Waals surface area contributed by atoms with Gasteiger partial charge in [0.05, 0.1) is 11.9 Å². The molecule has 1 aliphatic rings. The number of hydrogen-bond donors (Lipinski definition) is 0. The lowest BCUT2D eigenvalue weighted by molar-refractivity contribution is 0.482. The molecular weight excluding hydrogens is 429 g/mol. The summed E-state index contributed by atoms with van der Waals surface area (Å²) in [5, 5.41) is 4.52. The van der Waals surface area contributed by atoms with Crippen molar-refractivity contribution in [2.45, 2.75) is 4.90 Å². The topological polar surface area (TPSA) is 49.2 Å². The van der Waals surface area contributed by atoms with Gasteiger partial charge in [0.25, 0.3) is 0 Å². The number of hydrogen-bond acceptors (Lipinski definition) is 5. The number of aromatic nitrogens is 3. The number of nitrogens with zero attached hydrogens (tertiary/aromatic N) is 3. The van der Waals surface area contributed by atoms with Crippen LogP contribution in [0.1, 0.15) is 0 Å². The van der Waals surface area contributed by atoms with E-state index in [4.69, 9.17) is 9.39 Å². The summed E-state index contributed by atoms with van der Waals surface area (Å²) in [6.07, 6.45) is 7.34. The molecule has 0 spiro atoms. The normalized spacial score (nSPS) is 12.3. The molecule has 0 saturated carbocycles. The van der Waals surface area contributed by atoms with Crippen LogP contribution in [0.3, 0.4) is 0 Å². The lowest BCUT2D eigenvalue weighted by atomic mass is 9.86. The van der Waals surface area contributed by atoms with Crippen LogP contribution in [-0.2, 0) is 0 Å². The Hall–Kier alpha value is -3.97. The van der Waals surface area contributed by atoms with Crippen molar-refractivity contribution in [3.8, 4) is 34.1 Å². The van der Waals surface area contributed by atoms with Crippen LogP contribution < -0.4 is 14.9 Å². The summed E-state index contributed by atoms with van der Waals surface area (Å²) in [6.45, 7) is 0. The van der Waals surface area contributed by atoms with Gasteiger partial charge in [0.2, 0.25) is 0 Å². The first-order chi connectivity index (χ1) is 16.3. The van der Waals surface area contributed by atoms with Crippen molar-refractivity contribution in [2.24, 2.45) is 0 Å². The first-order valence-corrected chi connectivity index (χ1v) is 11.5. The molecule has 3 aromatic carbocycles. The van der Waals surface area contributed by atoms with Gasteiger partial charge < -0.3 is 9.39 Å². The van der Waals surface area contributed by atoms with E-state index in [0.717, 1.165) is 44.4 Å². The van der Waals surface area contributed by atoms with Crippen molar-refractivity contribution in [1.29, 1.82) is 0 Å². The van der Waals surface area contributed by atoms with E-state index in [0.29, 0.717) is 0 Å².